The first-order chi connectivity index (χ1) is 9.18. The third-order valence-corrected chi connectivity index (χ3v) is 3.62. The molecule has 0 fully saturated rings. The predicted molar refractivity (Wildman–Crippen MR) is 63.5 cm³/mol. The van der Waals surface area contributed by atoms with Gasteiger partial charge in [-0.05, 0) is 6.92 Å². The zero-order valence-electron chi connectivity index (χ0n) is 9.97. The lowest BCUT2D eigenvalue weighted by Crippen LogP contribution is -2.49. The van der Waals surface area contributed by atoms with Gasteiger partial charge in [0.15, 0.2) is 23.3 Å². The third-order valence-electron chi connectivity index (χ3n) is 2.44. The Bertz CT molecular complexity index is 519. The van der Waals surface area contributed by atoms with Crippen LogP contribution in [0.3, 0.4) is 0 Å². The van der Waals surface area contributed by atoms with Gasteiger partial charge in [0, 0.05) is 11.8 Å². The number of halogens is 7. The van der Waals surface area contributed by atoms with Crippen LogP contribution in [0, 0.1) is 29.1 Å². The number of amides is 1. The molecule has 9 heteroatoms. The van der Waals surface area contributed by atoms with Crippen molar-refractivity contribution in [2.24, 2.45) is 0 Å². The summed E-state index contributed by atoms with van der Waals surface area (Å²) in [5, 5.41) is 2.03. The standard InChI is InChI=1S/C11H8Cl2F5NO/c1-11(2-12,3-13)19-10(20)4-5(14)7(16)9(18)8(17)6(4)15/h2-3H2,1H3,(H,19,20). The summed E-state index contributed by atoms with van der Waals surface area (Å²) in [5.74, 6) is -13.1. The van der Waals surface area contributed by atoms with E-state index in [1.807, 2.05) is 5.32 Å². The molecule has 0 aliphatic heterocycles. The van der Waals surface area contributed by atoms with Gasteiger partial charge in [0.25, 0.3) is 5.91 Å². The third kappa shape index (κ3) is 2.98. The summed E-state index contributed by atoms with van der Waals surface area (Å²) in [7, 11) is 0. The monoisotopic (exact) mass is 335 g/mol. The van der Waals surface area contributed by atoms with Crippen molar-refractivity contribution in [1.29, 1.82) is 0 Å². The van der Waals surface area contributed by atoms with Crippen LogP contribution < -0.4 is 5.32 Å². The lowest BCUT2D eigenvalue weighted by Gasteiger charge is -2.26. The molecule has 1 N–H and O–H groups in total. The first kappa shape index (κ1) is 17.0. The van der Waals surface area contributed by atoms with E-state index >= 15 is 0 Å². The summed E-state index contributed by atoms with van der Waals surface area (Å²) in [6.45, 7) is 1.34. The minimum Gasteiger partial charge on any atom is -0.344 e. The number of carbonyl (C=O) groups excluding carboxylic acids is 1. The van der Waals surface area contributed by atoms with Gasteiger partial charge in [0.1, 0.15) is 5.56 Å². The number of benzene rings is 1. The smallest absolute Gasteiger partial charge is 0.257 e. The van der Waals surface area contributed by atoms with Crippen LogP contribution in [0.25, 0.3) is 0 Å². The molecule has 20 heavy (non-hydrogen) atoms. The number of hydrogen-bond donors (Lipinski definition) is 1. The second-order valence-corrected chi connectivity index (χ2v) is 4.76. The summed E-state index contributed by atoms with van der Waals surface area (Å²) in [4.78, 5) is 11.7. The molecule has 0 aliphatic carbocycles. The highest BCUT2D eigenvalue weighted by Gasteiger charge is 2.33. The van der Waals surface area contributed by atoms with Gasteiger partial charge in [-0.25, -0.2) is 22.0 Å². The second-order valence-electron chi connectivity index (χ2n) is 4.23. The fourth-order valence-corrected chi connectivity index (χ4v) is 1.66. The van der Waals surface area contributed by atoms with Gasteiger partial charge in [0.05, 0.1) is 5.54 Å². The summed E-state index contributed by atoms with van der Waals surface area (Å²) in [6, 6.07) is 0. The first-order valence-electron chi connectivity index (χ1n) is 5.14. The van der Waals surface area contributed by atoms with Crippen LogP contribution >= 0.6 is 23.2 Å². The fraction of sp³-hybridized carbons (Fsp3) is 0.364. The van der Waals surface area contributed by atoms with E-state index in [4.69, 9.17) is 23.2 Å². The summed E-state index contributed by atoms with van der Waals surface area (Å²) < 4.78 is 65.5. The molecular weight excluding hydrogens is 328 g/mol. The van der Waals surface area contributed by atoms with Gasteiger partial charge in [-0.2, -0.15) is 0 Å². The van der Waals surface area contributed by atoms with Crippen molar-refractivity contribution in [3.05, 3.63) is 34.6 Å². The first-order valence-corrected chi connectivity index (χ1v) is 6.21. The molecule has 0 atom stereocenters. The lowest BCUT2D eigenvalue weighted by molar-refractivity contribution is 0.0909. The average molecular weight is 336 g/mol. The van der Waals surface area contributed by atoms with Crippen molar-refractivity contribution in [1.82, 2.24) is 5.32 Å². The highest BCUT2D eigenvalue weighted by molar-refractivity contribution is 6.22. The molecule has 0 saturated heterocycles. The van der Waals surface area contributed by atoms with Crippen molar-refractivity contribution in [3.63, 3.8) is 0 Å². The van der Waals surface area contributed by atoms with Crippen molar-refractivity contribution < 1.29 is 26.7 Å². The number of nitrogens with one attached hydrogen (secondary N) is 1. The van der Waals surface area contributed by atoms with E-state index in [0.29, 0.717) is 0 Å². The summed E-state index contributed by atoms with van der Waals surface area (Å²) >= 11 is 11.0. The normalized spacial score (nSPS) is 11.6. The van der Waals surface area contributed by atoms with Crippen molar-refractivity contribution in [2.45, 2.75) is 12.5 Å². The minimum atomic E-state index is -2.34. The summed E-state index contributed by atoms with van der Waals surface area (Å²) in [5.41, 5.74) is -2.84. The van der Waals surface area contributed by atoms with Crippen LogP contribution in [0.2, 0.25) is 0 Å². The molecule has 0 saturated carbocycles. The Balaban J connectivity index is 3.31. The number of alkyl halides is 2. The van der Waals surface area contributed by atoms with E-state index in [0.717, 1.165) is 0 Å². The fourth-order valence-electron chi connectivity index (χ4n) is 1.24. The zero-order chi connectivity index (χ0) is 15.7. The van der Waals surface area contributed by atoms with Crippen molar-refractivity contribution >= 4 is 29.1 Å². The molecule has 0 unspecified atom stereocenters. The van der Waals surface area contributed by atoms with Gasteiger partial charge >= 0.3 is 0 Å². The molecular formula is C11H8Cl2F5NO. The molecule has 0 heterocycles. The van der Waals surface area contributed by atoms with Gasteiger partial charge < -0.3 is 5.32 Å². The van der Waals surface area contributed by atoms with Crippen LogP contribution in [-0.2, 0) is 0 Å². The van der Waals surface area contributed by atoms with Gasteiger partial charge in [-0.15, -0.1) is 23.2 Å². The van der Waals surface area contributed by atoms with Crippen molar-refractivity contribution in [2.75, 3.05) is 11.8 Å². The Kier molecular flexibility index (Phi) is 5.21. The largest absolute Gasteiger partial charge is 0.344 e. The topological polar surface area (TPSA) is 29.1 Å². The van der Waals surface area contributed by atoms with E-state index in [9.17, 15) is 26.7 Å². The molecule has 0 spiro atoms. The number of rotatable bonds is 4. The molecule has 1 rings (SSSR count). The maximum absolute atomic E-state index is 13.4. The molecule has 2 nitrogen and oxygen atoms in total. The van der Waals surface area contributed by atoms with Gasteiger partial charge in [0.2, 0.25) is 5.82 Å². The molecule has 112 valence electrons. The van der Waals surface area contributed by atoms with Crippen molar-refractivity contribution in [3.8, 4) is 0 Å². The Labute approximate surface area is 120 Å². The molecule has 0 aromatic heterocycles. The van der Waals surface area contributed by atoms with Crippen LogP contribution in [-0.4, -0.2) is 23.2 Å². The van der Waals surface area contributed by atoms with E-state index in [1.54, 1.807) is 0 Å². The quantitative estimate of drug-likeness (QED) is 0.389. The Morgan fingerprint density at radius 2 is 1.30 bits per heavy atom. The Hall–Kier alpha value is -1.08. The highest BCUT2D eigenvalue weighted by atomic mass is 35.5. The molecule has 0 aliphatic rings. The number of hydrogen-bond acceptors (Lipinski definition) is 1. The summed E-state index contributed by atoms with van der Waals surface area (Å²) in [6.07, 6.45) is 0. The van der Waals surface area contributed by atoms with E-state index in [-0.39, 0.29) is 11.8 Å². The molecule has 1 amide bonds. The highest BCUT2D eigenvalue weighted by Crippen LogP contribution is 2.23. The Morgan fingerprint density at radius 1 is 0.950 bits per heavy atom. The maximum atomic E-state index is 13.4. The van der Waals surface area contributed by atoms with Crippen LogP contribution in [0.5, 0.6) is 0 Å². The average Bonchev–Trinajstić information content (AvgIpc) is 2.43. The predicted octanol–water partition coefficient (Wildman–Crippen LogP) is 3.35. The molecule has 1 aromatic rings. The van der Waals surface area contributed by atoms with Crippen LogP contribution in [0.4, 0.5) is 22.0 Å². The maximum Gasteiger partial charge on any atom is 0.257 e. The lowest BCUT2D eigenvalue weighted by atomic mass is 10.1. The van der Waals surface area contributed by atoms with Gasteiger partial charge in [-0.1, -0.05) is 0 Å². The molecule has 0 radical (unpaired) electrons. The Morgan fingerprint density at radius 3 is 1.65 bits per heavy atom. The van der Waals surface area contributed by atoms with Gasteiger partial charge in [-0.3, -0.25) is 4.79 Å². The van der Waals surface area contributed by atoms with Crippen LogP contribution in [0.15, 0.2) is 0 Å². The SMILES string of the molecule is CC(CCl)(CCl)NC(=O)c1c(F)c(F)c(F)c(F)c1F. The molecule has 1 aromatic carbocycles. The number of carbonyl (C=O) groups is 1. The second kappa shape index (κ2) is 6.13. The van der Waals surface area contributed by atoms with E-state index in [1.165, 1.54) is 6.92 Å². The molecule has 0 bridgehead atoms. The van der Waals surface area contributed by atoms with E-state index < -0.39 is 46.1 Å². The van der Waals surface area contributed by atoms with E-state index in [2.05, 4.69) is 0 Å². The zero-order valence-corrected chi connectivity index (χ0v) is 11.5. The van der Waals surface area contributed by atoms with Crippen LogP contribution in [0.1, 0.15) is 17.3 Å². The minimum absolute atomic E-state index is 0.225.